The molecule has 7 nitrogen and oxygen atoms in total. The highest BCUT2D eigenvalue weighted by atomic mass is 35.5. The molecule has 0 saturated carbocycles. The van der Waals surface area contributed by atoms with Crippen LogP contribution in [0.1, 0.15) is 23.0 Å². The smallest absolute Gasteiger partial charge is 0.434 e. The number of alkyl halides is 3. The fraction of sp³-hybridized carbons (Fsp3) is 0.143. The third kappa shape index (κ3) is 4.07. The summed E-state index contributed by atoms with van der Waals surface area (Å²) in [6.07, 6.45) is -1.48. The highest BCUT2D eigenvalue weighted by Gasteiger charge is 2.42. The van der Waals surface area contributed by atoms with E-state index in [2.05, 4.69) is 15.2 Å². The topological polar surface area (TPSA) is 83.0 Å². The summed E-state index contributed by atoms with van der Waals surface area (Å²) < 4.78 is 67.6. The molecule has 0 aliphatic carbocycles. The Hall–Kier alpha value is -3.73. The van der Waals surface area contributed by atoms with Crippen molar-refractivity contribution in [3.05, 3.63) is 71.0 Å². The SMILES string of the molecule is CCOC(=O)c1c(-c2c(F)cccc2Cl)noc1-c1cnn(-c2cccnc2)c1C(F)(F)F. The Morgan fingerprint density at radius 2 is 2.00 bits per heavy atom. The van der Waals surface area contributed by atoms with Gasteiger partial charge in [0.25, 0.3) is 0 Å². The Labute approximate surface area is 188 Å². The van der Waals surface area contributed by atoms with Crippen molar-refractivity contribution >= 4 is 17.6 Å². The van der Waals surface area contributed by atoms with E-state index >= 15 is 0 Å². The summed E-state index contributed by atoms with van der Waals surface area (Å²) in [5, 5.41) is 7.36. The monoisotopic (exact) mass is 480 g/mol. The van der Waals surface area contributed by atoms with Gasteiger partial charge in [-0.3, -0.25) is 4.98 Å². The number of carbonyl (C=O) groups is 1. The Morgan fingerprint density at radius 3 is 2.64 bits per heavy atom. The van der Waals surface area contributed by atoms with Gasteiger partial charge in [0.1, 0.15) is 17.1 Å². The number of halogens is 5. The number of rotatable bonds is 5. The van der Waals surface area contributed by atoms with Crippen LogP contribution in [0.2, 0.25) is 5.02 Å². The van der Waals surface area contributed by atoms with Crippen LogP contribution in [0.15, 0.2) is 53.4 Å². The molecular formula is C21H13ClF4N4O3. The minimum absolute atomic E-state index is 0.0191. The van der Waals surface area contributed by atoms with E-state index in [4.69, 9.17) is 20.9 Å². The lowest BCUT2D eigenvalue weighted by Crippen LogP contribution is -2.15. The first-order valence-electron chi connectivity index (χ1n) is 9.41. The molecule has 3 heterocycles. The summed E-state index contributed by atoms with van der Waals surface area (Å²) in [7, 11) is 0. The zero-order valence-corrected chi connectivity index (χ0v) is 17.5. The number of benzene rings is 1. The van der Waals surface area contributed by atoms with Crippen molar-refractivity contribution in [2.24, 2.45) is 0 Å². The maximum absolute atomic E-state index is 14.5. The first kappa shape index (κ1) is 22.5. The summed E-state index contributed by atoms with van der Waals surface area (Å²) in [5.41, 5.74) is -3.05. The third-order valence-corrected chi connectivity index (χ3v) is 4.86. The van der Waals surface area contributed by atoms with Crippen LogP contribution in [0, 0.1) is 5.82 Å². The number of pyridine rings is 1. The highest BCUT2D eigenvalue weighted by Crippen LogP contribution is 2.43. The van der Waals surface area contributed by atoms with Crippen LogP contribution in [-0.4, -0.2) is 32.5 Å². The minimum Gasteiger partial charge on any atom is -0.462 e. The molecule has 0 saturated heterocycles. The molecule has 0 amide bonds. The van der Waals surface area contributed by atoms with Crippen molar-refractivity contribution in [3.63, 3.8) is 0 Å². The summed E-state index contributed by atoms with van der Waals surface area (Å²) in [4.78, 5) is 16.6. The fourth-order valence-corrected chi connectivity index (χ4v) is 3.48. The van der Waals surface area contributed by atoms with Gasteiger partial charge in [-0.2, -0.15) is 18.3 Å². The van der Waals surface area contributed by atoms with E-state index in [9.17, 15) is 22.4 Å². The lowest BCUT2D eigenvalue weighted by Gasteiger charge is -2.12. The van der Waals surface area contributed by atoms with Crippen LogP contribution in [0.25, 0.3) is 28.3 Å². The standard InChI is InChI=1S/C21H13ClF4N4O3/c1-2-32-20(31)16-17(15-13(22)6-3-7-14(15)23)29-33-18(16)12-10-28-30(19(12)21(24,25)26)11-5-4-8-27-9-11/h3-10H,2H2,1H3. The molecule has 4 aromatic rings. The molecule has 1 aromatic carbocycles. The normalized spacial score (nSPS) is 11.6. The number of esters is 1. The summed E-state index contributed by atoms with van der Waals surface area (Å²) in [6.45, 7) is 1.40. The third-order valence-electron chi connectivity index (χ3n) is 4.54. The predicted octanol–water partition coefficient (Wildman–Crippen LogP) is 5.58. The molecule has 0 atom stereocenters. The van der Waals surface area contributed by atoms with Crippen LogP contribution < -0.4 is 0 Å². The molecule has 0 aliphatic heterocycles. The second-order valence-electron chi connectivity index (χ2n) is 6.58. The fourth-order valence-electron chi connectivity index (χ4n) is 3.22. The molecule has 0 N–H and O–H groups in total. The van der Waals surface area contributed by atoms with E-state index in [1.54, 1.807) is 0 Å². The molecule has 0 aliphatic rings. The number of carbonyl (C=O) groups excluding carboxylic acids is 1. The van der Waals surface area contributed by atoms with Crippen molar-refractivity contribution in [2.75, 3.05) is 6.61 Å². The van der Waals surface area contributed by atoms with E-state index < -0.39 is 46.2 Å². The van der Waals surface area contributed by atoms with Crippen LogP contribution in [0.5, 0.6) is 0 Å². The van der Waals surface area contributed by atoms with Gasteiger partial charge >= 0.3 is 12.1 Å². The second-order valence-corrected chi connectivity index (χ2v) is 6.99. The first-order valence-corrected chi connectivity index (χ1v) is 9.79. The number of hydrogen-bond acceptors (Lipinski definition) is 6. The van der Waals surface area contributed by atoms with Gasteiger partial charge in [-0.1, -0.05) is 22.8 Å². The average Bonchev–Trinajstić information content (AvgIpc) is 3.39. The summed E-state index contributed by atoms with van der Waals surface area (Å²) in [6, 6.07) is 6.53. The van der Waals surface area contributed by atoms with Gasteiger partial charge in [-0.05, 0) is 31.2 Å². The summed E-state index contributed by atoms with van der Waals surface area (Å²) >= 11 is 6.08. The van der Waals surface area contributed by atoms with Crippen molar-refractivity contribution in [1.29, 1.82) is 0 Å². The predicted molar refractivity (Wildman–Crippen MR) is 108 cm³/mol. The minimum atomic E-state index is -4.92. The molecule has 12 heteroatoms. The van der Waals surface area contributed by atoms with Crippen molar-refractivity contribution in [2.45, 2.75) is 13.1 Å². The van der Waals surface area contributed by atoms with Gasteiger partial charge in [-0.15, -0.1) is 0 Å². The molecule has 3 aromatic heterocycles. The molecule has 33 heavy (non-hydrogen) atoms. The van der Waals surface area contributed by atoms with E-state index in [1.165, 1.54) is 43.6 Å². The number of nitrogens with zero attached hydrogens (tertiary/aromatic N) is 4. The van der Waals surface area contributed by atoms with Crippen LogP contribution in [0.4, 0.5) is 17.6 Å². The number of aromatic nitrogens is 4. The van der Waals surface area contributed by atoms with Crippen molar-refractivity contribution in [1.82, 2.24) is 19.9 Å². The van der Waals surface area contributed by atoms with Crippen molar-refractivity contribution in [3.8, 4) is 28.3 Å². The van der Waals surface area contributed by atoms with Gasteiger partial charge in [0, 0.05) is 6.20 Å². The molecule has 4 rings (SSSR count). The zero-order valence-electron chi connectivity index (χ0n) is 16.7. The van der Waals surface area contributed by atoms with Gasteiger partial charge in [0.05, 0.1) is 40.8 Å². The van der Waals surface area contributed by atoms with E-state index in [0.717, 1.165) is 12.3 Å². The molecule has 0 unspecified atom stereocenters. The van der Waals surface area contributed by atoms with Crippen molar-refractivity contribution < 1.29 is 31.6 Å². The number of hydrogen-bond donors (Lipinski definition) is 0. The molecule has 0 bridgehead atoms. The molecule has 170 valence electrons. The average molecular weight is 481 g/mol. The van der Waals surface area contributed by atoms with Crippen LogP contribution >= 0.6 is 11.6 Å². The number of ether oxygens (including phenoxy) is 1. The largest absolute Gasteiger partial charge is 0.462 e. The molecule has 0 fully saturated rings. The van der Waals surface area contributed by atoms with E-state index in [1.807, 2.05) is 0 Å². The lowest BCUT2D eigenvalue weighted by molar-refractivity contribution is -0.142. The van der Waals surface area contributed by atoms with E-state index in [-0.39, 0.29) is 22.9 Å². The maximum atomic E-state index is 14.5. The van der Waals surface area contributed by atoms with Gasteiger partial charge in [0.15, 0.2) is 11.5 Å². The molecule has 0 radical (unpaired) electrons. The Morgan fingerprint density at radius 1 is 1.21 bits per heavy atom. The lowest BCUT2D eigenvalue weighted by atomic mass is 10.0. The summed E-state index contributed by atoms with van der Waals surface area (Å²) in [5.74, 6) is -2.51. The Bertz CT molecular complexity index is 1300. The van der Waals surface area contributed by atoms with Crippen LogP contribution in [0.3, 0.4) is 0 Å². The first-order chi connectivity index (χ1) is 15.7. The highest BCUT2D eigenvalue weighted by molar-refractivity contribution is 6.33. The zero-order chi connectivity index (χ0) is 23.8. The van der Waals surface area contributed by atoms with Gasteiger partial charge in [0.2, 0.25) is 0 Å². The Kier molecular flexibility index (Phi) is 5.90. The Balaban J connectivity index is 2.00. The molecular weight excluding hydrogens is 468 g/mol. The maximum Gasteiger partial charge on any atom is 0.434 e. The van der Waals surface area contributed by atoms with E-state index in [0.29, 0.717) is 4.68 Å². The quantitative estimate of drug-likeness (QED) is 0.274. The van der Waals surface area contributed by atoms with Crippen LogP contribution in [-0.2, 0) is 10.9 Å². The molecule has 0 spiro atoms. The van der Waals surface area contributed by atoms with Gasteiger partial charge in [-0.25, -0.2) is 13.9 Å². The second kappa shape index (κ2) is 8.66. The van der Waals surface area contributed by atoms with Gasteiger partial charge < -0.3 is 9.26 Å².